The Bertz CT molecular complexity index is 57.1. The van der Waals surface area contributed by atoms with Crippen LogP contribution < -0.4 is 0 Å². The molecule has 1 heterocycles. The van der Waals surface area contributed by atoms with Gasteiger partial charge in [0, 0.05) is 0 Å². The second-order valence-corrected chi connectivity index (χ2v) is 1.32. The standard InChI is InChI=1S/C2HBrO/c3-2-1-4-2/h1H. The fourth-order valence-electron chi connectivity index (χ4n) is 0.0223. The smallest absolute Gasteiger partial charge is 0.204 e. The molecule has 0 atom stereocenters. The van der Waals surface area contributed by atoms with Crippen molar-refractivity contribution in [2.45, 2.75) is 0 Å². The van der Waals surface area contributed by atoms with Crippen molar-refractivity contribution in [3.63, 3.8) is 0 Å². The lowest BCUT2D eigenvalue weighted by molar-refractivity contribution is 0.533. The van der Waals surface area contributed by atoms with E-state index in [0.29, 0.717) is 0 Å². The third-order valence-corrected chi connectivity index (χ3v) is 0.581. The van der Waals surface area contributed by atoms with Gasteiger partial charge >= 0.3 is 0 Å². The lowest BCUT2D eigenvalue weighted by Gasteiger charge is -1.50. The molecular weight excluding hydrogens is 120 g/mol. The van der Waals surface area contributed by atoms with Gasteiger partial charge in [0.25, 0.3) is 0 Å². The monoisotopic (exact) mass is 120 g/mol. The number of halogens is 1. The normalized spacial score (nSPS) is 17.8. The highest BCUT2D eigenvalue weighted by atomic mass is 79.9. The maximum absolute atomic E-state index is 4.42. The molecule has 0 aromatic carbocycles. The van der Waals surface area contributed by atoms with Gasteiger partial charge in [-0.3, -0.25) is 0 Å². The van der Waals surface area contributed by atoms with Crippen molar-refractivity contribution in [3.8, 4) is 0 Å². The molecule has 0 aromatic heterocycles. The van der Waals surface area contributed by atoms with E-state index >= 15 is 0 Å². The molecule has 1 aliphatic rings. The van der Waals surface area contributed by atoms with E-state index in [1.807, 2.05) is 0 Å². The summed E-state index contributed by atoms with van der Waals surface area (Å²) in [5.41, 5.74) is 0. The number of ether oxygens (including phenoxy) is 1. The Morgan fingerprint density at radius 1 is 2.00 bits per heavy atom. The summed E-state index contributed by atoms with van der Waals surface area (Å²) < 4.78 is 5.27. The Hall–Kier alpha value is 0.0200. The largest absolute Gasteiger partial charge is 0.450 e. The van der Waals surface area contributed by atoms with E-state index in [0.717, 1.165) is 4.67 Å². The summed E-state index contributed by atoms with van der Waals surface area (Å²) in [6.07, 6.45) is 1.62. The number of rotatable bonds is 0. The molecule has 0 saturated heterocycles. The van der Waals surface area contributed by atoms with Crippen LogP contribution in [-0.4, -0.2) is 0 Å². The summed E-state index contributed by atoms with van der Waals surface area (Å²) in [7, 11) is 0. The molecule has 0 bridgehead atoms. The van der Waals surface area contributed by atoms with Crippen LogP contribution in [-0.2, 0) is 4.74 Å². The molecular formula is C2HBrO. The summed E-state index contributed by atoms with van der Waals surface area (Å²) >= 11 is 3.02. The third-order valence-electron chi connectivity index (χ3n) is 0.207. The highest BCUT2D eigenvalue weighted by molar-refractivity contribution is 9.11. The summed E-state index contributed by atoms with van der Waals surface area (Å²) in [6, 6.07) is 0. The molecule has 0 amide bonds. The molecule has 1 rings (SSSR count). The molecule has 22 valence electrons. The Balaban J connectivity index is 2.54. The van der Waals surface area contributed by atoms with Gasteiger partial charge in [0.15, 0.2) is 0 Å². The summed E-state index contributed by atoms with van der Waals surface area (Å²) in [5.74, 6) is 0. The minimum absolute atomic E-state index is 0.854. The molecule has 0 aliphatic carbocycles. The predicted octanol–water partition coefficient (Wildman–Crippen LogP) is 1.21. The zero-order valence-corrected chi connectivity index (χ0v) is 3.45. The first-order valence-electron chi connectivity index (χ1n) is 0.917. The van der Waals surface area contributed by atoms with Crippen molar-refractivity contribution < 1.29 is 4.74 Å². The minimum atomic E-state index is 0.854. The van der Waals surface area contributed by atoms with Crippen molar-refractivity contribution in [1.29, 1.82) is 0 Å². The molecule has 0 N–H and O–H groups in total. The van der Waals surface area contributed by atoms with E-state index in [2.05, 4.69) is 20.7 Å². The van der Waals surface area contributed by atoms with Crippen LogP contribution in [0, 0.1) is 0 Å². The van der Waals surface area contributed by atoms with E-state index in [1.54, 1.807) is 6.26 Å². The van der Waals surface area contributed by atoms with Gasteiger partial charge in [-0.1, -0.05) is 0 Å². The van der Waals surface area contributed by atoms with Crippen molar-refractivity contribution in [1.82, 2.24) is 0 Å². The minimum Gasteiger partial charge on any atom is -0.450 e. The lowest BCUT2D eigenvalue weighted by atomic mass is 11.3. The molecule has 1 aliphatic heterocycles. The molecule has 0 fully saturated rings. The van der Waals surface area contributed by atoms with Crippen molar-refractivity contribution >= 4 is 15.9 Å². The molecule has 0 spiro atoms. The SMILES string of the molecule is BrC1=CO1. The summed E-state index contributed by atoms with van der Waals surface area (Å²) in [5, 5.41) is 0. The Morgan fingerprint density at radius 2 is 2.25 bits per heavy atom. The average Bonchev–Trinajstić information content (AvgIpc) is 1.75. The number of hydrogen-bond acceptors (Lipinski definition) is 1. The van der Waals surface area contributed by atoms with Crippen LogP contribution in [0.4, 0.5) is 0 Å². The fourth-order valence-corrected chi connectivity index (χ4v) is 0.116. The highest BCUT2D eigenvalue weighted by Gasteiger charge is 1.99. The molecule has 2 heteroatoms. The Kier molecular flexibility index (Phi) is 0.277. The predicted molar refractivity (Wildman–Crippen MR) is 18.1 cm³/mol. The van der Waals surface area contributed by atoms with Gasteiger partial charge in [-0.15, -0.1) is 0 Å². The number of hydrogen-bond donors (Lipinski definition) is 0. The van der Waals surface area contributed by atoms with Gasteiger partial charge in [-0.2, -0.15) is 0 Å². The van der Waals surface area contributed by atoms with E-state index in [1.165, 1.54) is 0 Å². The van der Waals surface area contributed by atoms with Gasteiger partial charge < -0.3 is 4.74 Å². The van der Waals surface area contributed by atoms with Crippen LogP contribution in [0.3, 0.4) is 0 Å². The molecule has 1 nitrogen and oxygen atoms in total. The molecule has 0 unspecified atom stereocenters. The van der Waals surface area contributed by atoms with E-state index in [4.69, 9.17) is 0 Å². The molecule has 0 radical (unpaired) electrons. The summed E-state index contributed by atoms with van der Waals surface area (Å²) in [4.78, 5) is 0. The maximum atomic E-state index is 4.42. The van der Waals surface area contributed by atoms with E-state index in [-0.39, 0.29) is 0 Å². The lowest BCUT2D eigenvalue weighted by Crippen LogP contribution is -1.23. The van der Waals surface area contributed by atoms with Crippen LogP contribution in [0.15, 0.2) is 10.9 Å². The molecule has 4 heavy (non-hydrogen) atoms. The zero-order valence-electron chi connectivity index (χ0n) is 1.86. The van der Waals surface area contributed by atoms with Crippen LogP contribution in [0.1, 0.15) is 0 Å². The van der Waals surface area contributed by atoms with Gasteiger partial charge in [0.2, 0.25) is 4.67 Å². The van der Waals surface area contributed by atoms with Gasteiger partial charge in [-0.05, 0) is 15.9 Å². The van der Waals surface area contributed by atoms with Gasteiger partial charge in [0.1, 0.15) is 6.26 Å². The maximum Gasteiger partial charge on any atom is 0.204 e. The van der Waals surface area contributed by atoms with Crippen molar-refractivity contribution in [3.05, 3.63) is 10.9 Å². The van der Waals surface area contributed by atoms with Crippen LogP contribution in [0.2, 0.25) is 0 Å². The molecule has 0 saturated carbocycles. The first-order chi connectivity index (χ1) is 1.89. The second-order valence-electron chi connectivity index (χ2n) is 0.540. The average molecular weight is 121 g/mol. The van der Waals surface area contributed by atoms with Gasteiger partial charge in [-0.25, -0.2) is 0 Å². The Morgan fingerprint density at radius 3 is 2.25 bits per heavy atom. The quantitative estimate of drug-likeness (QED) is 0.469. The topological polar surface area (TPSA) is 12.5 Å². The van der Waals surface area contributed by atoms with Crippen LogP contribution in [0.25, 0.3) is 0 Å². The third kappa shape index (κ3) is 0.230. The fraction of sp³-hybridized carbons (Fsp3) is 0. The van der Waals surface area contributed by atoms with Crippen molar-refractivity contribution in [2.75, 3.05) is 0 Å². The van der Waals surface area contributed by atoms with E-state index < -0.39 is 0 Å². The molecule has 0 aromatic rings. The second kappa shape index (κ2) is 0.489. The zero-order chi connectivity index (χ0) is 2.99. The summed E-state index contributed by atoms with van der Waals surface area (Å²) in [6.45, 7) is 0. The van der Waals surface area contributed by atoms with Crippen LogP contribution >= 0.6 is 15.9 Å². The highest BCUT2D eigenvalue weighted by Crippen LogP contribution is 2.18. The Labute approximate surface area is 32.4 Å². The first kappa shape index (κ1) is 2.27. The van der Waals surface area contributed by atoms with Gasteiger partial charge in [0.05, 0.1) is 0 Å². The first-order valence-corrected chi connectivity index (χ1v) is 1.71. The van der Waals surface area contributed by atoms with Crippen LogP contribution in [0.5, 0.6) is 0 Å². The van der Waals surface area contributed by atoms with Crippen molar-refractivity contribution in [2.24, 2.45) is 0 Å². The van der Waals surface area contributed by atoms with E-state index in [9.17, 15) is 0 Å².